The average Bonchev–Trinajstić information content (AvgIpc) is 2.26. The highest BCUT2D eigenvalue weighted by molar-refractivity contribution is 9.10. The topological polar surface area (TPSA) is 75.6 Å². The first kappa shape index (κ1) is 14.5. The Morgan fingerprint density at radius 3 is 2.67 bits per heavy atom. The number of nitrogens with one attached hydrogen (secondary N) is 1. The van der Waals surface area contributed by atoms with Gasteiger partial charge in [-0.1, -0.05) is 15.9 Å². The Bertz CT molecular complexity index is 445. The Hall–Kier alpha value is -1.56. The van der Waals surface area contributed by atoms with Crippen LogP contribution in [0.3, 0.4) is 0 Å². The quantitative estimate of drug-likeness (QED) is 0.872. The molecule has 0 saturated carbocycles. The third kappa shape index (κ3) is 4.03. The highest BCUT2D eigenvalue weighted by atomic mass is 79.9. The number of hydrogen-bond donors (Lipinski definition) is 2. The summed E-state index contributed by atoms with van der Waals surface area (Å²) in [5.74, 6) is -0.739. The molecule has 1 amide bonds. The van der Waals surface area contributed by atoms with Gasteiger partial charge in [0.25, 0.3) is 0 Å². The van der Waals surface area contributed by atoms with Crippen molar-refractivity contribution in [3.8, 4) is 5.75 Å². The number of carbonyl (C=O) groups excluding carboxylic acids is 1. The molecule has 0 aromatic heterocycles. The zero-order valence-electron chi connectivity index (χ0n) is 10.1. The Balaban J connectivity index is 3.13. The van der Waals surface area contributed by atoms with E-state index in [9.17, 15) is 9.59 Å². The van der Waals surface area contributed by atoms with Crippen molar-refractivity contribution in [2.75, 3.05) is 7.11 Å². The van der Waals surface area contributed by atoms with Gasteiger partial charge in [-0.15, -0.1) is 0 Å². The summed E-state index contributed by atoms with van der Waals surface area (Å²) >= 11 is 3.31. The summed E-state index contributed by atoms with van der Waals surface area (Å²) in [5.41, 5.74) is 0.629. The molecule has 0 heterocycles. The molecule has 1 rings (SSSR count). The summed E-state index contributed by atoms with van der Waals surface area (Å²) in [5, 5.41) is 11.5. The van der Waals surface area contributed by atoms with E-state index < -0.39 is 12.0 Å². The second kappa shape index (κ2) is 6.39. The maximum Gasteiger partial charge on any atom is 0.305 e. The summed E-state index contributed by atoms with van der Waals surface area (Å²) in [4.78, 5) is 22.0. The van der Waals surface area contributed by atoms with Crippen molar-refractivity contribution in [1.29, 1.82) is 0 Å². The van der Waals surface area contributed by atoms with Crippen LogP contribution in [0.25, 0.3) is 0 Å². The van der Waals surface area contributed by atoms with E-state index in [0.717, 1.165) is 4.47 Å². The summed E-state index contributed by atoms with van der Waals surface area (Å²) in [6.07, 6.45) is -0.202. The largest absolute Gasteiger partial charge is 0.496 e. The fourth-order valence-corrected chi connectivity index (χ4v) is 2.02. The molecular weight excluding hydrogens is 302 g/mol. The predicted molar refractivity (Wildman–Crippen MR) is 69.5 cm³/mol. The summed E-state index contributed by atoms with van der Waals surface area (Å²) in [6, 6.07) is 4.62. The van der Waals surface area contributed by atoms with Crippen molar-refractivity contribution in [2.24, 2.45) is 0 Å². The van der Waals surface area contributed by atoms with Gasteiger partial charge in [-0.2, -0.15) is 0 Å². The first-order valence-corrected chi connectivity index (χ1v) is 6.05. The Morgan fingerprint density at radius 2 is 2.17 bits per heavy atom. The van der Waals surface area contributed by atoms with Gasteiger partial charge in [0.1, 0.15) is 5.75 Å². The molecule has 18 heavy (non-hydrogen) atoms. The third-order valence-corrected chi connectivity index (χ3v) is 2.82. The number of ether oxygens (including phenoxy) is 1. The van der Waals surface area contributed by atoms with Gasteiger partial charge >= 0.3 is 5.97 Å². The van der Waals surface area contributed by atoms with Crippen LogP contribution in [0.4, 0.5) is 0 Å². The minimum atomic E-state index is -0.990. The highest BCUT2D eigenvalue weighted by Gasteiger charge is 2.20. The maximum atomic E-state index is 11.1. The first-order valence-electron chi connectivity index (χ1n) is 5.26. The number of benzene rings is 1. The predicted octanol–water partition coefficient (Wildman–Crippen LogP) is 2.11. The lowest BCUT2D eigenvalue weighted by Gasteiger charge is -2.19. The highest BCUT2D eigenvalue weighted by Crippen LogP contribution is 2.30. The van der Waals surface area contributed by atoms with Gasteiger partial charge in [0, 0.05) is 17.0 Å². The van der Waals surface area contributed by atoms with Gasteiger partial charge < -0.3 is 15.2 Å². The summed E-state index contributed by atoms with van der Waals surface area (Å²) in [7, 11) is 1.50. The van der Waals surface area contributed by atoms with Crippen molar-refractivity contribution in [1.82, 2.24) is 5.32 Å². The van der Waals surface area contributed by atoms with E-state index >= 15 is 0 Å². The van der Waals surface area contributed by atoms with Crippen LogP contribution in [0.5, 0.6) is 5.75 Å². The molecule has 1 aromatic carbocycles. The molecule has 0 aliphatic rings. The van der Waals surface area contributed by atoms with Crippen LogP contribution in [0, 0.1) is 0 Å². The standard InChI is InChI=1S/C12H14BrNO4/c1-7(15)14-10(6-12(16)17)9-5-8(13)3-4-11(9)18-2/h3-5,10H,6H2,1-2H3,(H,14,15)(H,16,17)/t10-/m1/s1. The van der Waals surface area contributed by atoms with Gasteiger partial charge in [-0.05, 0) is 18.2 Å². The van der Waals surface area contributed by atoms with Crippen LogP contribution in [0.1, 0.15) is 24.9 Å². The number of hydrogen-bond acceptors (Lipinski definition) is 3. The fourth-order valence-electron chi connectivity index (χ4n) is 1.64. The minimum Gasteiger partial charge on any atom is -0.496 e. The fraction of sp³-hybridized carbons (Fsp3) is 0.333. The zero-order chi connectivity index (χ0) is 13.7. The van der Waals surface area contributed by atoms with Crippen molar-refractivity contribution in [2.45, 2.75) is 19.4 Å². The second-order valence-corrected chi connectivity index (χ2v) is 4.65. The van der Waals surface area contributed by atoms with E-state index in [2.05, 4.69) is 21.2 Å². The molecule has 0 spiro atoms. The van der Waals surface area contributed by atoms with Crippen LogP contribution in [-0.4, -0.2) is 24.1 Å². The SMILES string of the molecule is COc1ccc(Br)cc1[C@@H](CC(=O)O)NC(C)=O. The molecule has 1 atom stereocenters. The Kier molecular flexibility index (Phi) is 5.15. The Labute approximate surface area is 113 Å². The van der Waals surface area contributed by atoms with Crippen molar-refractivity contribution in [3.63, 3.8) is 0 Å². The van der Waals surface area contributed by atoms with Crippen LogP contribution >= 0.6 is 15.9 Å². The van der Waals surface area contributed by atoms with Crippen LogP contribution < -0.4 is 10.1 Å². The summed E-state index contributed by atoms with van der Waals surface area (Å²) in [6.45, 7) is 1.35. The normalized spacial score (nSPS) is 11.7. The van der Waals surface area contributed by atoms with Gasteiger partial charge in [0.2, 0.25) is 5.91 Å². The second-order valence-electron chi connectivity index (χ2n) is 3.74. The molecule has 2 N–H and O–H groups in total. The van der Waals surface area contributed by atoms with E-state index in [-0.39, 0.29) is 12.3 Å². The molecule has 0 saturated heterocycles. The van der Waals surface area contributed by atoms with Crippen molar-refractivity contribution < 1.29 is 19.4 Å². The number of halogens is 1. The monoisotopic (exact) mass is 315 g/mol. The lowest BCUT2D eigenvalue weighted by Crippen LogP contribution is -2.28. The van der Waals surface area contributed by atoms with Crippen LogP contribution in [0.2, 0.25) is 0 Å². The number of carboxylic acid groups (broad SMARTS) is 1. The zero-order valence-corrected chi connectivity index (χ0v) is 11.7. The summed E-state index contributed by atoms with van der Waals surface area (Å²) < 4.78 is 5.97. The minimum absolute atomic E-state index is 0.202. The van der Waals surface area contributed by atoms with E-state index in [1.165, 1.54) is 14.0 Å². The molecular formula is C12H14BrNO4. The molecule has 0 bridgehead atoms. The molecule has 0 radical (unpaired) electrons. The lowest BCUT2D eigenvalue weighted by atomic mass is 10.0. The number of amides is 1. The molecule has 1 aromatic rings. The smallest absolute Gasteiger partial charge is 0.305 e. The molecule has 0 aliphatic heterocycles. The molecule has 0 aliphatic carbocycles. The number of aliphatic carboxylic acids is 1. The van der Waals surface area contributed by atoms with Gasteiger partial charge in [0.05, 0.1) is 19.6 Å². The van der Waals surface area contributed by atoms with Crippen LogP contribution in [0.15, 0.2) is 22.7 Å². The molecule has 6 heteroatoms. The van der Waals surface area contributed by atoms with E-state index in [1.54, 1.807) is 18.2 Å². The number of carbonyl (C=O) groups is 2. The number of methoxy groups -OCH3 is 1. The average molecular weight is 316 g/mol. The molecule has 5 nitrogen and oxygen atoms in total. The Morgan fingerprint density at radius 1 is 1.50 bits per heavy atom. The van der Waals surface area contributed by atoms with E-state index in [4.69, 9.17) is 9.84 Å². The van der Waals surface area contributed by atoms with Gasteiger partial charge in [-0.3, -0.25) is 9.59 Å². The molecule has 98 valence electrons. The lowest BCUT2D eigenvalue weighted by molar-refractivity contribution is -0.137. The molecule has 0 unspecified atom stereocenters. The number of rotatable bonds is 5. The van der Waals surface area contributed by atoms with Crippen molar-refractivity contribution in [3.05, 3.63) is 28.2 Å². The first-order chi connectivity index (χ1) is 8.43. The maximum absolute atomic E-state index is 11.1. The van der Waals surface area contributed by atoms with Gasteiger partial charge in [-0.25, -0.2) is 0 Å². The number of carboxylic acids is 1. The molecule has 0 fully saturated rings. The van der Waals surface area contributed by atoms with E-state index in [0.29, 0.717) is 11.3 Å². The van der Waals surface area contributed by atoms with Crippen molar-refractivity contribution >= 4 is 27.8 Å². The third-order valence-electron chi connectivity index (χ3n) is 2.32. The van der Waals surface area contributed by atoms with E-state index in [1.807, 2.05) is 0 Å². The van der Waals surface area contributed by atoms with Crippen LogP contribution in [-0.2, 0) is 9.59 Å². The van der Waals surface area contributed by atoms with Gasteiger partial charge in [0.15, 0.2) is 0 Å².